The van der Waals surface area contributed by atoms with Gasteiger partial charge in [-0.2, -0.15) is 13.2 Å². The van der Waals surface area contributed by atoms with Crippen molar-refractivity contribution in [2.75, 3.05) is 31.1 Å². The first kappa shape index (κ1) is 15.1. The van der Waals surface area contributed by atoms with Gasteiger partial charge in [0.25, 0.3) is 0 Å². The second kappa shape index (κ2) is 5.26. The summed E-state index contributed by atoms with van der Waals surface area (Å²) in [5.41, 5.74) is -1.24. The number of hydrogen-bond acceptors (Lipinski definition) is 5. The summed E-state index contributed by atoms with van der Waals surface area (Å²) in [4.78, 5) is 6.30. The molecule has 4 rings (SSSR count). The molecule has 6 nitrogen and oxygen atoms in total. The van der Waals surface area contributed by atoms with Crippen molar-refractivity contribution in [2.45, 2.75) is 6.18 Å². The molecule has 0 spiro atoms. The molecule has 0 atom stereocenters. The Kier molecular flexibility index (Phi) is 3.30. The van der Waals surface area contributed by atoms with E-state index in [1.807, 2.05) is 4.90 Å². The Morgan fingerprint density at radius 1 is 1.12 bits per heavy atom. The lowest BCUT2D eigenvalue weighted by Gasteiger charge is -2.28. The number of rotatable bonds is 1. The average molecular weight is 340 g/mol. The van der Waals surface area contributed by atoms with Crippen molar-refractivity contribution in [2.24, 2.45) is 0 Å². The van der Waals surface area contributed by atoms with Crippen LogP contribution in [0.3, 0.4) is 0 Å². The minimum Gasteiger partial charge on any atom is -0.351 e. The maximum atomic E-state index is 14.5. The summed E-state index contributed by atoms with van der Waals surface area (Å²) in [5, 5.41) is 10.8. The highest BCUT2D eigenvalue weighted by Gasteiger charge is 2.35. The Hall–Kier alpha value is -2.49. The Balaban J connectivity index is 2.00. The molecule has 1 aliphatic heterocycles. The van der Waals surface area contributed by atoms with Crippen LogP contribution < -0.4 is 10.2 Å². The van der Waals surface area contributed by atoms with Gasteiger partial charge >= 0.3 is 6.18 Å². The Bertz CT molecular complexity index is 913. The Morgan fingerprint density at radius 3 is 2.58 bits per heavy atom. The van der Waals surface area contributed by atoms with Gasteiger partial charge < -0.3 is 10.2 Å². The van der Waals surface area contributed by atoms with Crippen LogP contribution in [0.1, 0.15) is 5.56 Å². The van der Waals surface area contributed by atoms with Crippen molar-refractivity contribution >= 4 is 22.5 Å². The van der Waals surface area contributed by atoms with Crippen LogP contribution in [-0.2, 0) is 6.18 Å². The lowest BCUT2D eigenvalue weighted by Crippen LogP contribution is -2.44. The van der Waals surface area contributed by atoms with E-state index in [2.05, 4.69) is 20.5 Å². The van der Waals surface area contributed by atoms with Crippen LogP contribution in [0.2, 0.25) is 0 Å². The lowest BCUT2D eigenvalue weighted by molar-refractivity contribution is -0.139. The molecule has 0 bridgehead atoms. The number of alkyl halides is 3. The van der Waals surface area contributed by atoms with Gasteiger partial charge in [-0.15, -0.1) is 10.2 Å². The molecule has 2 aromatic heterocycles. The first-order chi connectivity index (χ1) is 11.5. The fourth-order valence-electron chi connectivity index (χ4n) is 2.90. The number of fused-ring (bicyclic) bond motifs is 3. The van der Waals surface area contributed by atoms with Crippen LogP contribution in [0.5, 0.6) is 0 Å². The first-order valence-electron chi connectivity index (χ1n) is 7.31. The van der Waals surface area contributed by atoms with E-state index < -0.39 is 17.6 Å². The molecule has 1 aliphatic rings. The SMILES string of the molecule is Fc1c(C(F)(F)F)ccc2nc(N3CCNCC3)c3nncn3c12. The standard InChI is InChI=1S/C14H12F4N6/c15-10-8(14(16,17)18)1-2-9-11(10)24-7-20-22-13(24)12(21-9)23-5-3-19-4-6-23/h1-2,7,19H,3-6H2. The van der Waals surface area contributed by atoms with Gasteiger partial charge in [-0.05, 0) is 12.1 Å². The van der Waals surface area contributed by atoms with Crippen molar-refractivity contribution in [3.05, 3.63) is 29.8 Å². The molecule has 3 heterocycles. The number of hydrogen-bond donors (Lipinski definition) is 1. The molecular formula is C14H12F4N6. The minimum atomic E-state index is -4.78. The van der Waals surface area contributed by atoms with Crippen LogP contribution in [0, 0.1) is 5.82 Å². The summed E-state index contributed by atoms with van der Waals surface area (Å²) in [6.07, 6.45) is -3.58. The van der Waals surface area contributed by atoms with Crippen LogP contribution >= 0.6 is 0 Å². The van der Waals surface area contributed by atoms with Gasteiger partial charge in [0.15, 0.2) is 11.6 Å². The van der Waals surface area contributed by atoms with E-state index >= 15 is 0 Å². The zero-order valence-corrected chi connectivity index (χ0v) is 12.3. The summed E-state index contributed by atoms with van der Waals surface area (Å²) in [5.74, 6) is -0.884. The van der Waals surface area contributed by atoms with Gasteiger partial charge in [-0.3, -0.25) is 4.40 Å². The van der Waals surface area contributed by atoms with E-state index in [1.165, 1.54) is 16.8 Å². The molecule has 24 heavy (non-hydrogen) atoms. The number of benzene rings is 1. The van der Waals surface area contributed by atoms with Crippen LogP contribution in [0.25, 0.3) is 16.7 Å². The predicted molar refractivity (Wildman–Crippen MR) is 78.3 cm³/mol. The molecule has 1 N–H and O–H groups in total. The molecule has 0 unspecified atom stereocenters. The van der Waals surface area contributed by atoms with E-state index in [-0.39, 0.29) is 16.7 Å². The number of halogens is 4. The number of aromatic nitrogens is 4. The zero-order valence-electron chi connectivity index (χ0n) is 12.3. The summed E-state index contributed by atoms with van der Waals surface area (Å²) in [6.45, 7) is 2.84. The Morgan fingerprint density at radius 2 is 1.88 bits per heavy atom. The van der Waals surface area contributed by atoms with Crippen LogP contribution in [0.15, 0.2) is 18.5 Å². The van der Waals surface area contributed by atoms with Crippen molar-refractivity contribution in [3.63, 3.8) is 0 Å². The highest BCUT2D eigenvalue weighted by Crippen LogP contribution is 2.35. The number of nitrogens with zero attached hydrogens (tertiary/aromatic N) is 5. The van der Waals surface area contributed by atoms with E-state index in [9.17, 15) is 17.6 Å². The van der Waals surface area contributed by atoms with E-state index in [4.69, 9.17) is 0 Å². The third kappa shape index (κ3) is 2.25. The molecule has 1 saturated heterocycles. The van der Waals surface area contributed by atoms with Gasteiger partial charge in [0.05, 0.1) is 11.1 Å². The molecule has 0 radical (unpaired) electrons. The quantitative estimate of drug-likeness (QED) is 0.685. The van der Waals surface area contributed by atoms with Gasteiger partial charge in [0, 0.05) is 26.2 Å². The van der Waals surface area contributed by atoms with Crippen molar-refractivity contribution in [1.82, 2.24) is 24.9 Å². The average Bonchev–Trinajstić information content (AvgIpc) is 3.03. The van der Waals surface area contributed by atoms with Gasteiger partial charge in [0.1, 0.15) is 11.8 Å². The van der Waals surface area contributed by atoms with Crippen molar-refractivity contribution < 1.29 is 17.6 Å². The lowest BCUT2D eigenvalue weighted by atomic mass is 10.1. The van der Waals surface area contributed by atoms with E-state index in [0.29, 0.717) is 25.0 Å². The number of piperazine rings is 1. The first-order valence-corrected chi connectivity index (χ1v) is 7.31. The van der Waals surface area contributed by atoms with Crippen molar-refractivity contribution in [1.29, 1.82) is 0 Å². The second-order valence-corrected chi connectivity index (χ2v) is 5.49. The fraction of sp³-hybridized carbons (Fsp3) is 0.357. The minimum absolute atomic E-state index is 0.126. The highest BCUT2D eigenvalue weighted by molar-refractivity contribution is 5.84. The molecule has 1 fully saturated rings. The summed E-state index contributed by atoms with van der Waals surface area (Å²) in [7, 11) is 0. The highest BCUT2D eigenvalue weighted by atomic mass is 19.4. The predicted octanol–water partition coefficient (Wildman–Crippen LogP) is 1.84. The van der Waals surface area contributed by atoms with Crippen LogP contribution in [0.4, 0.5) is 23.4 Å². The maximum Gasteiger partial charge on any atom is 0.419 e. The third-order valence-corrected chi connectivity index (χ3v) is 4.03. The molecule has 0 saturated carbocycles. The summed E-state index contributed by atoms with van der Waals surface area (Å²) < 4.78 is 54.6. The normalized spacial score (nSPS) is 16.2. The van der Waals surface area contributed by atoms with Crippen molar-refractivity contribution in [3.8, 4) is 0 Å². The summed E-state index contributed by atoms with van der Waals surface area (Å²) >= 11 is 0. The van der Waals surface area contributed by atoms with Gasteiger partial charge in [-0.25, -0.2) is 9.37 Å². The molecule has 3 aromatic rings. The van der Waals surface area contributed by atoms with E-state index in [1.54, 1.807) is 0 Å². The number of nitrogens with one attached hydrogen (secondary N) is 1. The summed E-state index contributed by atoms with van der Waals surface area (Å²) in [6, 6.07) is 1.88. The zero-order chi connectivity index (χ0) is 16.9. The topological polar surface area (TPSA) is 58.4 Å². The molecule has 1 aromatic carbocycles. The van der Waals surface area contributed by atoms with Gasteiger partial charge in [0.2, 0.25) is 5.65 Å². The molecule has 126 valence electrons. The monoisotopic (exact) mass is 340 g/mol. The van der Waals surface area contributed by atoms with E-state index in [0.717, 1.165) is 13.1 Å². The molecule has 0 aliphatic carbocycles. The number of anilines is 1. The smallest absolute Gasteiger partial charge is 0.351 e. The molecular weight excluding hydrogens is 328 g/mol. The molecule has 10 heteroatoms. The fourth-order valence-corrected chi connectivity index (χ4v) is 2.90. The largest absolute Gasteiger partial charge is 0.419 e. The Labute approximate surface area is 133 Å². The maximum absolute atomic E-state index is 14.5. The van der Waals surface area contributed by atoms with Gasteiger partial charge in [-0.1, -0.05) is 0 Å². The van der Waals surface area contributed by atoms with Crippen LogP contribution in [-0.4, -0.2) is 45.8 Å². The second-order valence-electron chi connectivity index (χ2n) is 5.49. The molecule has 0 amide bonds. The third-order valence-electron chi connectivity index (χ3n) is 4.03.